The minimum absolute atomic E-state index is 0.188. The normalized spacial score (nSPS) is 14.2. The summed E-state index contributed by atoms with van der Waals surface area (Å²) < 4.78 is 6.95. The zero-order valence-corrected chi connectivity index (χ0v) is 18.9. The van der Waals surface area contributed by atoms with Crippen LogP contribution in [0.1, 0.15) is 42.2 Å². The number of carbonyl (C=O) groups is 1. The summed E-state index contributed by atoms with van der Waals surface area (Å²) >= 11 is 2.78. The number of rotatable bonds is 6. The van der Waals surface area contributed by atoms with Crippen molar-refractivity contribution in [2.45, 2.75) is 49.4 Å². The fraction of sp³-hybridized carbons (Fsp3) is 0.381. The molecule has 0 aliphatic heterocycles. The average Bonchev–Trinajstić information content (AvgIpc) is 3.30. The van der Waals surface area contributed by atoms with Crippen LogP contribution in [0.2, 0.25) is 0 Å². The molecule has 0 bridgehead atoms. The largest absolute Gasteiger partial charge is 0.494 e. The lowest BCUT2D eigenvalue weighted by molar-refractivity contribution is -0.115. The van der Waals surface area contributed by atoms with Crippen molar-refractivity contribution in [1.82, 2.24) is 20.2 Å². The van der Waals surface area contributed by atoms with Gasteiger partial charge in [0.05, 0.1) is 17.9 Å². The summed E-state index contributed by atoms with van der Waals surface area (Å²) in [5.41, 5.74) is 2.42. The van der Waals surface area contributed by atoms with Gasteiger partial charge in [-0.25, -0.2) is 0 Å². The smallest absolute Gasteiger partial charge is 0.238 e. The van der Waals surface area contributed by atoms with Crippen molar-refractivity contribution in [2.24, 2.45) is 0 Å². The molecule has 0 spiro atoms. The maximum Gasteiger partial charge on any atom is 0.238 e. The topological polar surface area (TPSA) is 106 Å². The van der Waals surface area contributed by atoms with Gasteiger partial charge in [0.2, 0.25) is 11.1 Å². The van der Waals surface area contributed by atoms with Crippen molar-refractivity contribution in [2.75, 3.05) is 12.4 Å². The molecule has 0 unspecified atom stereocenters. The van der Waals surface area contributed by atoms with E-state index < -0.39 is 5.25 Å². The highest BCUT2D eigenvalue weighted by atomic mass is 32.2. The van der Waals surface area contributed by atoms with Crippen LogP contribution in [0.15, 0.2) is 29.4 Å². The second-order valence-corrected chi connectivity index (χ2v) is 9.59. The van der Waals surface area contributed by atoms with Gasteiger partial charge in [0, 0.05) is 4.88 Å². The van der Waals surface area contributed by atoms with E-state index in [4.69, 9.17) is 4.74 Å². The van der Waals surface area contributed by atoms with Crippen molar-refractivity contribution >= 4 is 34.0 Å². The molecular formula is C21H22N6O2S2. The molecule has 1 atom stereocenters. The fourth-order valence-electron chi connectivity index (χ4n) is 3.58. The lowest BCUT2D eigenvalue weighted by atomic mass is 10.1. The van der Waals surface area contributed by atoms with Crippen LogP contribution >= 0.6 is 23.1 Å². The summed E-state index contributed by atoms with van der Waals surface area (Å²) in [6.45, 7) is 1.80. The molecule has 1 N–H and O–H groups in total. The maximum absolute atomic E-state index is 12.9. The Morgan fingerprint density at radius 1 is 1.32 bits per heavy atom. The van der Waals surface area contributed by atoms with E-state index in [2.05, 4.69) is 26.9 Å². The van der Waals surface area contributed by atoms with Crippen molar-refractivity contribution in [3.8, 4) is 17.5 Å². The molecule has 0 radical (unpaired) electrons. The van der Waals surface area contributed by atoms with E-state index in [1.165, 1.54) is 34.4 Å². The van der Waals surface area contributed by atoms with E-state index in [1.54, 1.807) is 18.7 Å². The SMILES string of the molecule is COc1ccccc1-n1nnnc1S[C@H](C)C(=O)Nc1sc2c(c1C#N)CCCCC2. The summed E-state index contributed by atoms with van der Waals surface area (Å²) in [6.07, 6.45) is 5.28. The third-order valence-corrected chi connectivity index (χ3v) is 7.42. The quantitative estimate of drug-likeness (QED) is 0.443. The van der Waals surface area contributed by atoms with Gasteiger partial charge in [-0.15, -0.1) is 16.4 Å². The zero-order chi connectivity index (χ0) is 21.8. The third-order valence-electron chi connectivity index (χ3n) is 5.18. The summed E-state index contributed by atoms with van der Waals surface area (Å²) in [6, 6.07) is 9.71. The molecular weight excluding hydrogens is 432 g/mol. The second-order valence-electron chi connectivity index (χ2n) is 7.17. The van der Waals surface area contributed by atoms with E-state index in [-0.39, 0.29) is 5.91 Å². The first-order valence-electron chi connectivity index (χ1n) is 10.1. The number of aromatic nitrogens is 4. The molecule has 0 saturated carbocycles. The number of carbonyl (C=O) groups excluding carboxylic acids is 1. The first kappa shape index (κ1) is 21.3. The predicted octanol–water partition coefficient (Wildman–Crippen LogP) is 3.99. The van der Waals surface area contributed by atoms with Gasteiger partial charge in [-0.3, -0.25) is 4.79 Å². The van der Waals surface area contributed by atoms with Gasteiger partial charge in [0.25, 0.3) is 0 Å². The van der Waals surface area contributed by atoms with E-state index >= 15 is 0 Å². The van der Waals surface area contributed by atoms with Gasteiger partial charge in [-0.1, -0.05) is 30.3 Å². The number of nitriles is 1. The lowest BCUT2D eigenvalue weighted by Crippen LogP contribution is -2.23. The number of thioether (sulfide) groups is 1. The fourth-order valence-corrected chi connectivity index (χ4v) is 5.63. The molecule has 2 heterocycles. The molecule has 0 saturated heterocycles. The van der Waals surface area contributed by atoms with Gasteiger partial charge in [0.1, 0.15) is 22.5 Å². The number of benzene rings is 1. The van der Waals surface area contributed by atoms with Crippen LogP contribution in [0.5, 0.6) is 5.75 Å². The Bertz CT molecular complexity index is 1130. The molecule has 3 aromatic rings. The van der Waals surface area contributed by atoms with Crippen LogP contribution in [-0.2, 0) is 17.6 Å². The Balaban J connectivity index is 1.51. The molecule has 160 valence electrons. The first-order chi connectivity index (χ1) is 15.1. The summed E-state index contributed by atoms with van der Waals surface area (Å²) in [4.78, 5) is 14.1. The predicted molar refractivity (Wildman–Crippen MR) is 120 cm³/mol. The Hall–Kier alpha value is -2.90. The maximum atomic E-state index is 12.9. The van der Waals surface area contributed by atoms with Gasteiger partial charge < -0.3 is 10.1 Å². The number of aryl methyl sites for hydroxylation is 1. The standard InChI is InChI=1S/C21H22N6O2S2/c1-13(30-21-24-25-26-27(21)16-9-6-7-10-17(16)29-2)19(28)23-20-15(12-22)14-8-4-3-5-11-18(14)31-20/h6-7,9-10,13H,3-5,8,11H2,1-2H3,(H,23,28)/t13-/m1/s1. The van der Waals surface area contributed by atoms with E-state index in [1.807, 2.05) is 24.3 Å². The van der Waals surface area contributed by atoms with E-state index in [9.17, 15) is 10.1 Å². The number of tetrazole rings is 1. The minimum Gasteiger partial charge on any atom is -0.494 e. The van der Waals surface area contributed by atoms with Crippen molar-refractivity contribution in [3.63, 3.8) is 0 Å². The highest BCUT2D eigenvalue weighted by Gasteiger charge is 2.25. The van der Waals surface area contributed by atoms with E-state index in [0.29, 0.717) is 27.2 Å². The number of thiophene rings is 1. The second kappa shape index (κ2) is 9.49. The number of para-hydroxylation sites is 2. The number of nitrogens with one attached hydrogen (secondary N) is 1. The number of anilines is 1. The van der Waals surface area contributed by atoms with Crippen molar-refractivity contribution in [1.29, 1.82) is 5.26 Å². The zero-order valence-electron chi connectivity index (χ0n) is 17.3. The van der Waals surface area contributed by atoms with Crippen LogP contribution < -0.4 is 10.1 Å². The number of fused-ring (bicyclic) bond motifs is 1. The number of ether oxygens (including phenoxy) is 1. The molecule has 2 aromatic heterocycles. The van der Waals surface area contributed by atoms with Gasteiger partial charge in [-0.05, 0) is 60.7 Å². The average molecular weight is 455 g/mol. The molecule has 10 heteroatoms. The molecule has 1 aliphatic rings. The Morgan fingerprint density at radius 2 is 2.13 bits per heavy atom. The Labute approximate surface area is 188 Å². The van der Waals surface area contributed by atoms with Crippen LogP contribution in [0.3, 0.4) is 0 Å². The Morgan fingerprint density at radius 3 is 2.94 bits per heavy atom. The molecule has 8 nitrogen and oxygen atoms in total. The molecule has 1 aromatic carbocycles. The minimum atomic E-state index is -0.465. The highest BCUT2D eigenvalue weighted by Crippen LogP contribution is 2.37. The van der Waals surface area contributed by atoms with Gasteiger partial charge in [0.15, 0.2) is 0 Å². The molecule has 0 fully saturated rings. The van der Waals surface area contributed by atoms with Crippen LogP contribution in [0.25, 0.3) is 5.69 Å². The summed E-state index contributed by atoms with van der Waals surface area (Å²) in [5, 5.41) is 25.2. The van der Waals surface area contributed by atoms with Gasteiger partial charge in [-0.2, -0.15) is 9.94 Å². The molecule has 4 rings (SSSR count). The van der Waals surface area contributed by atoms with Crippen molar-refractivity contribution < 1.29 is 9.53 Å². The molecule has 1 aliphatic carbocycles. The summed E-state index contributed by atoms with van der Waals surface area (Å²) in [7, 11) is 1.58. The Kier molecular flexibility index (Phi) is 6.53. The van der Waals surface area contributed by atoms with E-state index in [0.717, 1.165) is 31.2 Å². The van der Waals surface area contributed by atoms with Crippen LogP contribution in [0, 0.1) is 11.3 Å². The van der Waals surface area contributed by atoms with Crippen LogP contribution in [0.4, 0.5) is 5.00 Å². The summed E-state index contributed by atoms with van der Waals surface area (Å²) in [5.74, 6) is 0.444. The molecule has 1 amide bonds. The number of hydrogen-bond acceptors (Lipinski definition) is 8. The number of amides is 1. The van der Waals surface area contributed by atoms with Crippen LogP contribution in [-0.4, -0.2) is 38.5 Å². The van der Waals surface area contributed by atoms with Gasteiger partial charge >= 0.3 is 0 Å². The lowest BCUT2D eigenvalue weighted by Gasteiger charge is -2.12. The monoisotopic (exact) mass is 454 g/mol. The highest BCUT2D eigenvalue weighted by molar-refractivity contribution is 8.00. The molecule has 31 heavy (non-hydrogen) atoms. The number of nitrogens with zero attached hydrogens (tertiary/aromatic N) is 5. The number of methoxy groups -OCH3 is 1. The number of hydrogen-bond donors (Lipinski definition) is 1. The van der Waals surface area contributed by atoms with Crippen molar-refractivity contribution in [3.05, 3.63) is 40.3 Å². The third kappa shape index (κ3) is 4.43. The first-order valence-corrected chi connectivity index (χ1v) is 11.8.